The van der Waals surface area contributed by atoms with Gasteiger partial charge in [0.05, 0.1) is 30.6 Å². The van der Waals surface area contributed by atoms with E-state index in [4.69, 9.17) is 0 Å². The van der Waals surface area contributed by atoms with E-state index < -0.39 is 5.97 Å². The first kappa shape index (κ1) is 14.0. The third-order valence-corrected chi connectivity index (χ3v) is 2.83. The second-order valence-corrected chi connectivity index (χ2v) is 4.37. The molecule has 0 bridgehead atoms. The largest absolute Gasteiger partial charge is 0.465 e. The van der Waals surface area contributed by atoms with Gasteiger partial charge in [-0.05, 0) is 36.8 Å². The summed E-state index contributed by atoms with van der Waals surface area (Å²) in [6.07, 6.45) is 1.44. The lowest BCUT2D eigenvalue weighted by atomic mass is 10.2. The first-order valence-electron chi connectivity index (χ1n) is 6.13. The van der Waals surface area contributed by atoms with Crippen molar-refractivity contribution in [1.82, 2.24) is 4.98 Å². The van der Waals surface area contributed by atoms with Crippen molar-refractivity contribution in [3.63, 3.8) is 0 Å². The van der Waals surface area contributed by atoms with E-state index in [1.54, 1.807) is 18.2 Å². The average molecular weight is 274 g/mol. The molecule has 4 nitrogen and oxygen atoms in total. The Labute approximate surface area is 116 Å². The molecular weight excluding hydrogens is 259 g/mol. The molecule has 0 saturated carbocycles. The molecule has 0 unspecified atom stereocenters. The average Bonchev–Trinajstić information content (AvgIpc) is 2.46. The molecule has 0 spiro atoms. The number of esters is 1. The number of carbonyl (C=O) groups excluding carboxylic acids is 1. The van der Waals surface area contributed by atoms with Crippen LogP contribution in [-0.2, 0) is 11.3 Å². The maximum Gasteiger partial charge on any atom is 0.339 e. The topological polar surface area (TPSA) is 51.2 Å². The summed E-state index contributed by atoms with van der Waals surface area (Å²) in [5.41, 5.74) is 2.39. The van der Waals surface area contributed by atoms with Gasteiger partial charge in [0.1, 0.15) is 5.82 Å². The van der Waals surface area contributed by atoms with Crippen molar-refractivity contribution in [2.75, 3.05) is 12.4 Å². The van der Waals surface area contributed by atoms with Gasteiger partial charge in [-0.3, -0.25) is 4.98 Å². The first-order valence-corrected chi connectivity index (χ1v) is 6.13. The monoisotopic (exact) mass is 274 g/mol. The molecule has 0 radical (unpaired) electrons. The zero-order valence-corrected chi connectivity index (χ0v) is 11.3. The van der Waals surface area contributed by atoms with Crippen molar-refractivity contribution >= 4 is 11.7 Å². The van der Waals surface area contributed by atoms with Crippen LogP contribution in [0.25, 0.3) is 0 Å². The summed E-state index contributed by atoms with van der Waals surface area (Å²) in [5, 5.41) is 2.97. The molecule has 104 valence electrons. The quantitative estimate of drug-likeness (QED) is 0.871. The Balaban J connectivity index is 2.02. The number of anilines is 1. The number of methoxy groups -OCH3 is 1. The second kappa shape index (κ2) is 6.14. The third-order valence-electron chi connectivity index (χ3n) is 2.83. The number of halogens is 1. The summed E-state index contributed by atoms with van der Waals surface area (Å²) in [5.74, 6) is -0.724. The number of hydrogen-bond acceptors (Lipinski definition) is 4. The summed E-state index contributed by atoms with van der Waals surface area (Å²) < 4.78 is 18.2. The van der Waals surface area contributed by atoms with Crippen molar-refractivity contribution in [2.24, 2.45) is 0 Å². The molecule has 2 rings (SSSR count). The molecule has 0 aliphatic rings. The van der Waals surface area contributed by atoms with Crippen LogP contribution >= 0.6 is 0 Å². The number of aryl methyl sites for hydroxylation is 1. The molecule has 0 atom stereocenters. The molecular formula is C15H15FN2O2. The van der Waals surface area contributed by atoms with Crippen LogP contribution in [0.3, 0.4) is 0 Å². The fraction of sp³-hybridized carbons (Fsp3) is 0.200. The van der Waals surface area contributed by atoms with Crippen LogP contribution in [-0.4, -0.2) is 18.1 Å². The molecule has 0 fully saturated rings. The van der Waals surface area contributed by atoms with Gasteiger partial charge in [-0.2, -0.15) is 0 Å². The lowest BCUT2D eigenvalue weighted by molar-refractivity contribution is 0.0600. The Morgan fingerprint density at radius 3 is 2.75 bits per heavy atom. The number of benzene rings is 1. The number of aromatic nitrogens is 1. The summed E-state index contributed by atoms with van der Waals surface area (Å²) in [6.45, 7) is 2.21. The van der Waals surface area contributed by atoms with Crippen LogP contribution in [0.4, 0.5) is 10.1 Å². The Kier molecular flexibility index (Phi) is 4.30. The minimum atomic E-state index is -0.429. The van der Waals surface area contributed by atoms with Crippen LogP contribution in [0.5, 0.6) is 0 Å². The van der Waals surface area contributed by atoms with Crippen LogP contribution in [0.1, 0.15) is 21.6 Å². The fourth-order valence-electron chi connectivity index (χ4n) is 1.72. The van der Waals surface area contributed by atoms with Crippen LogP contribution in [0.15, 0.2) is 36.5 Å². The van der Waals surface area contributed by atoms with Crippen LogP contribution < -0.4 is 5.32 Å². The molecule has 0 saturated heterocycles. The van der Waals surface area contributed by atoms with Crippen LogP contribution in [0.2, 0.25) is 0 Å². The molecule has 1 heterocycles. The maximum atomic E-state index is 13.6. The number of ether oxygens (including phenoxy) is 1. The molecule has 2 aromatic rings. The van der Waals surface area contributed by atoms with Gasteiger partial charge in [-0.25, -0.2) is 9.18 Å². The number of hydrogen-bond donors (Lipinski definition) is 1. The van der Waals surface area contributed by atoms with Crippen molar-refractivity contribution < 1.29 is 13.9 Å². The predicted octanol–water partition coefficient (Wildman–Crippen LogP) is 2.93. The van der Waals surface area contributed by atoms with Gasteiger partial charge < -0.3 is 10.1 Å². The van der Waals surface area contributed by atoms with Crippen molar-refractivity contribution in [1.29, 1.82) is 0 Å². The minimum absolute atomic E-state index is 0.295. The molecule has 1 aromatic carbocycles. The zero-order chi connectivity index (χ0) is 14.5. The highest BCUT2D eigenvalue weighted by Gasteiger charge is 2.06. The summed E-state index contributed by atoms with van der Waals surface area (Å²) in [4.78, 5) is 15.4. The molecule has 1 aromatic heterocycles. The van der Waals surface area contributed by atoms with Crippen molar-refractivity contribution in [2.45, 2.75) is 13.5 Å². The van der Waals surface area contributed by atoms with E-state index in [1.165, 1.54) is 19.4 Å². The molecule has 0 aliphatic carbocycles. The van der Waals surface area contributed by atoms with Gasteiger partial charge >= 0.3 is 5.97 Å². The zero-order valence-electron chi connectivity index (χ0n) is 11.3. The highest BCUT2D eigenvalue weighted by Crippen LogP contribution is 2.16. The maximum absolute atomic E-state index is 13.6. The number of rotatable bonds is 4. The smallest absolute Gasteiger partial charge is 0.339 e. The van der Waals surface area contributed by atoms with E-state index in [-0.39, 0.29) is 5.82 Å². The predicted molar refractivity (Wildman–Crippen MR) is 74.0 cm³/mol. The van der Waals surface area contributed by atoms with E-state index in [9.17, 15) is 9.18 Å². The molecule has 0 amide bonds. The lowest BCUT2D eigenvalue weighted by Gasteiger charge is -2.08. The van der Waals surface area contributed by atoms with E-state index in [0.717, 1.165) is 5.56 Å². The van der Waals surface area contributed by atoms with E-state index in [1.807, 2.05) is 13.0 Å². The summed E-state index contributed by atoms with van der Waals surface area (Å²) in [6, 6.07) is 8.31. The van der Waals surface area contributed by atoms with Crippen molar-refractivity contribution in [3.05, 3.63) is 59.2 Å². The van der Waals surface area contributed by atoms with E-state index in [0.29, 0.717) is 23.5 Å². The van der Waals surface area contributed by atoms with Crippen molar-refractivity contribution in [3.8, 4) is 0 Å². The number of nitrogens with one attached hydrogen (secondary N) is 1. The molecule has 0 aliphatic heterocycles. The van der Waals surface area contributed by atoms with E-state index >= 15 is 0 Å². The fourth-order valence-corrected chi connectivity index (χ4v) is 1.72. The molecule has 20 heavy (non-hydrogen) atoms. The summed E-state index contributed by atoms with van der Waals surface area (Å²) in [7, 11) is 1.32. The standard InChI is InChI=1S/C15H15FN2O2/c1-10-3-6-14(13(16)7-10)18-9-12-5-4-11(8-17-12)15(19)20-2/h3-8,18H,9H2,1-2H3. The highest BCUT2D eigenvalue weighted by molar-refractivity contribution is 5.88. The Morgan fingerprint density at radius 1 is 1.35 bits per heavy atom. The number of carbonyl (C=O) groups is 1. The second-order valence-electron chi connectivity index (χ2n) is 4.37. The van der Waals surface area contributed by atoms with Gasteiger partial charge in [-0.1, -0.05) is 6.07 Å². The van der Waals surface area contributed by atoms with Gasteiger partial charge in [-0.15, -0.1) is 0 Å². The van der Waals surface area contributed by atoms with E-state index in [2.05, 4.69) is 15.0 Å². The highest BCUT2D eigenvalue weighted by atomic mass is 19.1. The third kappa shape index (κ3) is 3.32. The van der Waals surface area contributed by atoms with Gasteiger partial charge in [0.25, 0.3) is 0 Å². The Bertz CT molecular complexity index is 612. The Morgan fingerprint density at radius 2 is 2.15 bits per heavy atom. The lowest BCUT2D eigenvalue weighted by Crippen LogP contribution is -2.06. The summed E-state index contributed by atoms with van der Waals surface area (Å²) >= 11 is 0. The Hall–Kier alpha value is -2.43. The van der Waals surface area contributed by atoms with Gasteiger partial charge in [0.15, 0.2) is 0 Å². The van der Waals surface area contributed by atoms with Gasteiger partial charge in [0, 0.05) is 6.20 Å². The van der Waals surface area contributed by atoms with Crippen LogP contribution in [0, 0.1) is 12.7 Å². The molecule has 1 N–H and O–H groups in total. The SMILES string of the molecule is COC(=O)c1ccc(CNc2ccc(C)cc2F)nc1. The normalized spacial score (nSPS) is 10.2. The first-order chi connectivity index (χ1) is 9.60. The number of pyridine rings is 1. The molecule has 5 heteroatoms. The minimum Gasteiger partial charge on any atom is -0.465 e. The van der Waals surface area contributed by atoms with Gasteiger partial charge in [0.2, 0.25) is 0 Å². The number of nitrogens with zero attached hydrogens (tertiary/aromatic N) is 1.